The molecule has 2 rings (SSSR count). The molecule has 28 heavy (non-hydrogen) atoms. The predicted molar refractivity (Wildman–Crippen MR) is 126 cm³/mol. The lowest BCUT2D eigenvalue weighted by atomic mass is 10.2. The molecule has 1 saturated heterocycles. The zero-order valence-corrected chi connectivity index (χ0v) is 20.2. The van der Waals surface area contributed by atoms with Gasteiger partial charge in [0.25, 0.3) is 0 Å². The second-order valence-corrected chi connectivity index (χ2v) is 6.80. The molecule has 1 unspecified atom stereocenters. The van der Waals surface area contributed by atoms with Gasteiger partial charge in [0.15, 0.2) is 5.96 Å². The van der Waals surface area contributed by atoms with Gasteiger partial charge < -0.3 is 25.0 Å². The van der Waals surface area contributed by atoms with Gasteiger partial charge in [-0.05, 0) is 25.6 Å². The van der Waals surface area contributed by atoms with Gasteiger partial charge >= 0.3 is 0 Å². The molecule has 1 fully saturated rings. The summed E-state index contributed by atoms with van der Waals surface area (Å²) in [4.78, 5) is 9.38. The molecule has 160 valence electrons. The van der Waals surface area contributed by atoms with Crippen molar-refractivity contribution in [3.8, 4) is 11.5 Å². The van der Waals surface area contributed by atoms with E-state index >= 15 is 0 Å². The van der Waals surface area contributed by atoms with Crippen molar-refractivity contribution in [3.63, 3.8) is 0 Å². The minimum Gasteiger partial charge on any atom is -0.497 e. The van der Waals surface area contributed by atoms with Gasteiger partial charge in [0.05, 0.1) is 14.2 Å². The average molecular weight is 505 g/mol. The van der Waals surface area contributed by atoms with Crippen LogP contribution in [0.1, 0.15) is 19.4 Å². The Bertz CT molecular complexity index is 606. The number of aliphatic imine (C=N–C) groups is 1. The first-order chi connectivity index (χ1) is 13.1. The third kappa shape index (κ3) is 7.29. The van der Waals surface area contributed by atoms with Crippen LogP contribution in [0.3, 0.4) is 0 Å². The van der Waals surface area contributed by atoms with Crippen LogP contribution in [0, 0.1) is 0 Å². The van der Waals surface area contributed by atoms with Crippen LogP contribution in [-0.2, 0) is 6.54 Å². The minimum absolute atomic E-state index is 0. The van der Waals surface area contributed by atoms with Gasteiger partial charge in [-0.25, -0.2) is 0 Å². The maximum atomic E-state index is 5.46. The Balaban J connectivity index is 0.00000392. The van der Waals surface area contributed by atoms with Crippen LogP contribution in [0.2, 0.25) is 0 Å². The number of ether oxygens (including phenoxy) is 2. The van der Waals surface area contributed by atoms with Crippen LogP contribution >= 0.6 is 24.0 Å². The van der Waals surface area contributed by atoms with E-state index < -0.39 is 0 Å². The fourth-order valence-electron chi connectivity index (χ4n) is 3.29. The number of hydrogen-bond donors (Lipinski definition) is 2. The van der Waals surface area contributed by atoms with Crippen molar-refractivity contribution in [2.75, 3.05) is 60.5 Å². The standard InChI is InChI=1S/C20H35N5O2.HI/c1-6-24-9-11-25(12-10-24)16(2)14-22-20(21-3)23-15-17-7-8-18(26-4)13-19(17)27-5;/h7-8,13,16H,6,9-12,14-15H2,1-5H3,(H2,21,22,23);1H. The molecule has 8 heteroatoms. The van der Waals surface area contributed by atoms with E-state index in [0.29, 0.717) is 12.6 Å². The number of halogens is 1. The van der Waals surface area contributed by atoms with Crippen LogP contribution in [0.15, 0.2) is 23.2 Å². The summed E-state index contributed by atoms with van der Waals surface area (Å²) in [5, 5.41) is 6.80. The SMILES string of the molecule is CCN1CCN(C(C)CNC(=NC)NCc2ccc(OC)cc2OC)CC1.I. The summed E-state index contributed by atoms with van der Waals surface area (Å²) < 4.78 is 10.7. The molecule has 1 aromatic rings. The summed E-state index contributed by atoms with van der Waals surface area (Å²) in [7, 11) is 5.12. The Labute approximate surface area is 186 Å². The topological polar surface area (TPSA) is 61.4 Å². The average Bonchev–Trinajstić information content (AvgIpc) is 2.73. The Morgan fingerprint density at radius 3 is 2.43 bits per heavy atom. The molecule has 0 aliphatic carbocycles. The first-order valence-electron chi connectivity index (χ1n) is 9.73. The summed E-state index contributed by atoms with van der Waals surface area (Å²) in [5.41, 5.74) is 1.06. The van der Waals surface area contributed by atoms with Crippen molar-refractivity contribution >= 4 is 29.9 Å². The monoisotopic (exact) mass is 505 g/mol. The van der Waals surface area contributed by atoms with Crippen molar-refractivity contribution in [1.29, 1.82) is 0 Å². The quantitative estimate of drug-likeness (QED) is 0.321. The molecule has 0 saturated carbocycles. The zero-order chi connectivity index (χ0) is 19.6. The summed E-state index contributed by atoms with van der Waals surface area (Å²) >= 11 is 0. The van der Waals surface area contributed by atoms with Crippen molar-refractivity contribution in [1.82, 2.24) is 20.4 Å². The number of piperazine rings is 1. The maximum absolute atomic E-state index is 5.46. The summed E-state index contributed by atoms with van der Waals surface area (Å²) in [6, 6.07) is 6.31. The predicted octanol–water partition coefficient (Wildman–Crippen LogP) is 2.01. The van der Waals surface area contributed by atoms with Gasteiger partial charge in [0.2, 0.25) is 0 Å². The first kappa shape index (κ1) is 24.8. The number of methoxy groups -OCH3 is 2. The van der Waals surface area contributed by atoms with Gasteiger partial charge in [-0.2, -0.15) is 0 Å². The largest absolute Gasteiger partial charge is 0.497 e. The van der Waals surface area contributed by atoms with E-state index in [-0.39, 0.29) is 24.0 Å². The minimum atomic E-state index is 0. The Hall–Kier alpha value is -1.26. The van der Waals surface area contributed by atoms with E-state index in [4.69, 9.17) is 9.47 Å². The lowest BCUT2D eigenvalue weighted by molar-refractivity contribution is 0.107. The van der Waals surface area contributed by atoms with Crippen molar-refractivity contribution in [3.05, 3.63) is 23.8 Å². The number of benzene rings is 1. The van der Waals surface area contributed by atoms with Crippen LogP contribution in [0.4, 0.5) is 0 Å². The molecular formula is C20H36IN5O2. The Morgan fingerprint density at radius 2 is 1.86 bits per heavy atom. The van der Waals surface area contributed by atoms with Crippen LogP contribution in [0.25, 0.3) is 0 Å². The second-order valence-electron chi connectivity index (χ2n) is 6.80. The fourth-order valence-corrected chi connectivity index (χ4v) is 3.29. The summed E-state index contributed by atoms with van der Waals surface area (Å²) in [6.07, 6.45) is 0. The molecule has 1 aromatic carbocycles. The molecule has 1 aliphatic rings. The van der Waals surface area contributed by atoms with Gasteiger partial charge in [0.1, 0.15) is 11.5 Å². The van der Waals surface area contributed by atoms with Crippen molar-refractivity contribution < 1.29 is 9.47 Å². The molecule has 0 radical (unpaired) electrons. The zero-order valence-electron chi connectivity index (χ0n) is 17.8. The summed E-state index contributed by atoms with van der Waals surface area (Å²) in [5.74, 6) is 2.39. The molecule has 2 N–H and O–H groups in total. The van der Waals surface area contributed by atoms with Crippen LogP contribution in [0.5, 0.6) is 11.5 Å². The highest BCUT2D eigenvalue weighted by Gasteiger charge is 2.20. The third-order valence-electron chi connectivity index (χ3n) is 5.21. The van der Waals surface area contributed by atoms with Gasteiger partial charge in [0, 0.05) is 64.0 Å². The smallest absolute Gasteiger partial charge is 0.191 e. The molecular weight excluding hydrogens is 469 g/mol. The molecule has 0 amide bonds. The molecule has 0 aromatic heterocycles. The number of guanidine groups is 1. The molecule has 0 bridgehead atoms. The lowest BCUT2D eigenvalue weighted by Gasteiger charge is -2.37. The second kappa shape index (κ2) is 13.1. The van der Waals surface area contributed by atoms with Crippen LogP contribution in [-0.4, -0.2) is 82.3 Å². The van der Waals surface area contributed by atoms with E-state index in [0.717, 1.165) is 62.3 Å². The number of nitrogens with one attached hydrogen (secondary N) is 2. The maximum Gasteiger partial charge on any atom is 0.191 e. The van der Waals surface area contributed by atoms with Gasteiger partial charge in [-0.15, -0.1) is 24.0 Å². The van der Waals surface area contributed by atoms with Gasteiger partial charge in [-0.3, -0.25) is 9.89 Å². The normalized spacial score (nSPS) is 16.8. The number of hydrogen-bond acceptors (Lipinski definition) is 5. The molecule has 7 nitrogen and oxygen atoms in total. The van der Waals surface area contributed by atoms with E-state index in [1.165, 1.54) is 0 Å². The van der Waals surface area contributed by atoms with E-state index in [1.807, 2.05) is 18.2 Å². The highest BCUT2D eigenvalue weighted by molar-refractivity contribution is 14.0. The van der Waals surface area contributed by atoms with E-state index in [9.17, 15) is 0 Å². The van der Waals surface area contributed by atoms with Crippen molar-refractivity contribution in [2.24, 2.45) is 4.99 Å². The van der Waals surface area contributed by atoms with E-state index in [1.54, 1.807) is 21.3 Å². The number of nitrogens with zero attached hydrogens (tertiary/aromatic N) is 3. The Kier molecular flexibility index (Phi) is 11.6. The van der Waals surface area contributed by atoms with Crippen LogP contribution < -0.4 is 20.1 Å². The fraction of sp³-hybridized carbons (Fsp3) is 0.650. The molecule has 1 heterocycles. The molecule has 1 atom stereocenters. The number of likely N-dealkylation sites (N-methyl/N-ethyl adjacent to an activating group) is 1. The third-order valence-corrected chi connectivity index (χ3v) is 5.21. The van der Waals surface area contributed by atoms with Crippen molar-refractivity contribution in [2.45, 2.75) is 26.4 Å². The number of rotatable bonds is 8. The Morgan fingerprint density at radius 1 is 1.14 bits per heavy atom. The summed E-state index contributed by atoms with van der Waals surface area (Å²) in [6.45, 7) is 11.7. The molecule has 1 aliphatic heterocycles. The highest BCUT2D eigenvalue weighted by Crippen LogP contribution is 2.24. The van der Waals surface area contributed by atoms with E-state index in [2.05, 4.69) is 39.3 Å². The highest BCUT2D eigenvalue weighted by atomic mass is 127. The van der Waals surface area contributed by atoms with Gasteiger partial charge in [-0.1, -0.05) is 6.92 Å². The molecule has 0 spiro atoms. The lowest BCUT2D eigenvalue weighted by Crippen LogP contribution is -2.53. The first-order valence-corrected chi connectivity index (χ1v) is 9.73.